The summed E-state index contributed by atoms with van der Waals surface area (Å²) in [6, 6.07) is 4.79. The number of aromatic nitrogens is 5. The lowest BCUT2D eigenvalue weighted by atomic mass is 9.84. The molecule has 0 aliphatic heterocycles. The molecule has 1 aliphatic rings. The second-order valence-corrected chi connectivity index (χ2v) is 10.2. The molecular weight excluding hydrogens is 549 g/mol. The lowest BCUT2D eigenvalue weighted by molar-refractivity contribution is -0.198. The highest BCUT2D eigenvalue weighted by atomic mass is 35.5. The quantitative estimate of drug-likeness (QED) is 0.283. The maximum absolute atomic E-state index is 14.5. The van der Waals surface area contributed by atoms with Gasteiger partial charge < -0.3 is 15.6 Å². The molecule has 40 heavy (non-hydrogen) atoms. The van der Waals surface area contributed by atoms with Gasteiger partial charge in [-0.05, 0) is 62.3 Å². The lowest BCUT2D eigenvalue weighted by Crippen LogP contribution is -2.32. The van der Waals surface area contributed by atoms with Gasteiger partial charge in [0.1, 0.15) is 6.04 Å². The number of halogens is 4. The monoisotopic (exact) mass is 574 g/mol. The first-order valence-corrected chi connectivity index (χ1v) is 12.9. The fraction of sp³-hybridized carbons (Fsp3) is 0.333. The Balaban J connectivity index is 1.47. The lowest BCUT2D eigenvalue weighted by Gasteiger charge is -2.24. The van der Waals surface area contributed by atoms with E-state index in [0.29, 0.717) is 30.7 Å². The SMILES string of the molecule is Cc1ccn(-c2cc(Cl)ccc2C(Oc2nccn3c(C4=CCC(CC(N)C(=O)O)CC4)cnc23)C(F)(F)F)n1. The fourth-order valence-corrected chi connectivity index (χ4v) is 5.08. The first-order valence-electron chi connectivity index (χ1n) is 12.6. The third-order valence-corrected chi connectivity index (χ3v) is 7.15. The van der Waals surface area contributed by atoms with Crippen LogP contribution in [0.1, 0.15) is 48.7 Å². The summed E-state index contributed by atoms with van der Waals surface area (Å²) in [6.07, 6.45) is 3.30. The van der Waals surface area contributed by atoms with Gasteiger partial charge in [0.05, 0.1) is 23.3 Å². The van der Waals surface area contributed by atoms with Gasteiger partial charge in [0, 0.05) is 29.2 Å². The van der Waals surface area contributed by atoms with E-state index < -0.39 is 24.3 Å². The van der Waals surface area contributed by atoms with Crippen LogP contribution in [-0.2, 0) is 4.79 Å². The van der Waals surface area contributed by atoms with Gasteiger partial charge >= 0.3 is 12.1 Å². The largest absolute Gasteiger partial charge is 0.480 e. The Morgan fingerprint density at radius 2 is 2.08 bits per heavy atom. The molecule has 1 aromatic carbocycles. The zero-order valence-electron chi connectivity index (χ0n) is 21.3. The van der Waals surface area contributed by atoms with Crippen LogP contribution in [0.5, 0.6) is 5.88 Å². The molecule has 0 saturated carbocycles. The summed E-state index contributed by atoms with van der Waals surface area (Å²) in [7, 11) is 0. The van der Waals surface area contributed by atoms with E-state index in [-0.39, 0.29) is 33.7 Å². The Kier molecular flexibility index (Phi) is 7.56. The van der Waals surface area contributed by atoms with Gasteiger partial charge in [-0.1, -0.05) is 23.7 Å². The van der Waals surface area contributed by atoms with Gasteiger partial charge in [-0.15, -0.1) is 0 Å². The number of hydrogen-bond acceptors (Lipinski definition) is 6. The van der Waals surface area contributed by atoms with Crippen molar-refractivity contribution < 1.29 is 27.8 Å². The molecule has 0 fully saturated rings. The average Bonchev–Trinajstić information content (AvgIpc) is 3.54. The number of aryl methyl sites for hydroxylation is 1. The normalized spacial score (nSPS) is 17.4. The zero-order valence-corrected chi connectivity index (χ0v) is 22.1. The van der Waals surface area contributed by atoms with E-state index >= 15 is 0 Å². The summed E-state index contributed by atoms with van der Waals surface area (Å²) in [4.78, 5) is 19.5. The molecule has 5 rings (SSSR count). The zero-order chi connectivity index (χ0) is 28.6. The number of benzene rings is 1. The maximum atomic E-state index is 14.5. The van der Waals surface area contributed by atoms with Crippen molar-refractivity contribution >= 4 is 28.8 Å². The molecule has 3 unspecified atom stereocenters. The predicted molar refractivity (Wildman–Crippen MR) is 141 cm³/mol. The van der Waals surface area contributed by atoms with Crippen LogP contribution in [0, 0.1) is 12.8 Å². The van der Waals surface area contributed by atoms with Crippen molar-refractivity contribution in [1.82, 2.24) is 24.1 Å². The van der Waals surface area contributed by atoms with E-state index in [1.54, 1.807) is 36.0 Å². The number of carbonyl (C=O) groups is 1. The molecule has 1 aliphatic carbocycles. The van der Waals surface area contributed by atoms with Gasteiger partial charge in [-0.2, -0.15) is 18.3 Å². The van der Waals surface area contributed by atoms with E-state index in [9.17, 15) is 18.0 Å². The second-order valence-electron chi connectivity index (χ2n) is 9.76. The molecule has 0 radical (unpaired) electrons. The minimum atomic E-state index is -4.80. The minimum Gasteiger partial charge on any atom is -0.480 e. The number of hydrogen-bond donors (Lipinski definition) is 2. The molecule has 3 atom stereocenters. The number of alkyl halides is 3. The number of rotatable bonds is 8. The van der Waals surface area contributed by atoms with E-state index in [1.165, 1.54) is 29.1 Å². The highest BCUT2D eigenvalue weighted by Gasteiger charge is 2.45. The van der Waals surface area contributed by atoms with Gasteiger partial charge in [-0.25, -0.2) is 14.6 Å². The second kappa shape index (κ2) is 10.9. The Morgan fingerprint density at radius 1 is 1.27 bits per heavy atom. The molecule has 0 saturated heterocycles. The molecule has 3 aromatic heterocycles. The molecule has 13 heteroatoms. The number of ether oxygens (including phenoxy) is 1. The maximum Gasteiger partial charge on any atom is 0.429 e. The number of aliphatic carboxylic acids is 1. The Labute approximate surface area is 232 Å². The molecule has 9 nitrogen and oxygen atoms in total. The van der Waals surface area contributed by atoms with Gasteiger partial charge in [0.2, 0.25) is 11.8 Å². The first kappa shape index (κ1) is 27.7. The van der Waals surface area contributed by atoms with Crippen LogP contribution in [0.4, 0.5) is 13.2 Å². The molecule has 0 bridgehead atoms. The van der Waals surface area contributed by atoms with Crippen LogP contribution >= 0.6 is 11.6 Å². The summed E-state index contributed by atoms with van der Waals surface area (Å²) in [5, 5.41) is 13.6. The molecule has 0 amide bonds. The van der Waals surface area contributed by atoms with Crippen molar-refractivity contribution in [2.24, 2.45) is 11.7 Å². The molecule has 210 valence electrons. The number of nitrogens with zero attached hydrogens (tertiary/aromatic N) is 5. The van der Waals surface area contributed by atoms with Crippen molar-refractivity contribution in [3.8, 4) is 11.6 Å². The van der Waals surface area contributed by atoms with E-state index in [2.05, 4.69) is 15.1 Å². The van der Waals surface area contributed by atoms with Crippen molar-refractivity contribution in [3.05, 3.63) is 77.1 Å². The molecular formula is C27H26ClF3N6O3. The van der Waals surface area contributed by atoms with Crippen LogP contribution < -0.4 is 10.5 Å². The van der Waals surface area contributed by atoms with E-state index in [1.807, 2.05) is 6.08 Å². The fourth-order valence-electron chi connectivity index (χ4n) is 4.92. The third-order valence-electron chi connectivity index (χ3n) is 6.92. The Bertz CT molecular complexity index is 1580. The summed E-state index contributed by atoms with van der Waals surface area (Å²) >= 11 is 6.13. The highest BCUT2D eigenvalue weighted by Crippen LogP contribution is 2.41. The standard InChI is InChI=1S/C27H26ClF3N6O3/c1-15-8-10-37(35-15)21-13-18(28)6-7-19(21)23(27(29,30)31)40-25-24-34-14-22(36(24)11-9-33-25)17-4-2-16(3-5-17)12-20(32)26(38)39/h4,6-11,13-14,16,20,23H,2-3,5,12,32H2,1H3,(H,38,39). The smallest absolute Gasteiger partial charge is 0.429 e. The molecule has 3 heterocycles. The summed E-state index contributed by atoms with van der Waals surface area (Å²) in [6.45, 7) is 1.73. The molecule has 3 N–H and O–H groups in total. The van der Waals surface area contributed by atoms with Gasteiger partial charge in [0.25, 0.3) is 5.88 Å². The summed E-state index contributed by atoms with van der Waals surface area (Å²) < 4.78 is 52.0. The number of carboxylic acids is 1. The predicted octanol–water partition coefficient (Wildman–Crippen LogP) is 5.54. The van der Waals surface area contributed by atoms with Crippen LogP contribution in [0.15, 0.2) is 55.1 Å². The Hall–Kier alpha value is -3.90. The average molecular weight is 575 g/mol. The minimum absolute atomic E-state index is 0.128. The van der Waals surface area contributed by atoms with Crippen molar-refractivity contribution in [3.63, 3.8) is 0 Å². The van der Waals surface area contributed by atoms with Crippen molar-refractivity contribution in [2.75, 3.05) is 0 Å². The van der Waals surface area contributed by atoms with Crippen LogP contribution in [0.3, 0.4) is 0 Å². The Morgan fingerprint density at radius 3 is 2.73 bits per heavy atom. The van der Waals surface area contributed by atoms with Crippen LogP contribution in [0.25, 0.3) is 16.9 Å². The topological polar surface area (TPSA) is 121 Å². The van der Waals surface area contributed by atoms with E-state index in [4.69, 9.17) is 27.2 Å². The number of nitrogens with two attached hydrogens (primary N) is 1. The molecule has 4 aromatic rings. The van der Waals surface area contributed by atoms with Crippen LogP contribution in [0.2, 0.25) is 5.02 Å². The van der Waals surface area contributed by atoms with Crippen molar-refractivity contribution in [2.45, 2.75) is 50.9 Å². The van der Waals surface area contributed by atoms with Gasteiger partial charge in [-0.3, -0.25) is 9.20 Å². The summed E-state index contributed by atoms with van der Waals surface area (Å²) in [5.41, 5.74) is 8.04. The summed E-state index contributed by atoms with van der Waals surface area (Å²) in [5.74, 6) is -1.18. The number of carboxylic acid groups (broad SMARTS) is 1. The highest BCUT2D eigenvalue weighted by molar-refractivity contribution is 6.30. The van der Waals surface area contributed by atoms with Gasteiger partial charge in [0.15, 0.2) is 0 Å². The van der Waals surface area contributed by atoms with Crippen molar-refractivity contribution in [1.29, 1.82) is 0 Å². The number of allylic oxidation sites excluding steroid dienone is 2. The number of fused-ring (bicyclic) bond motifs is 1. The first-order chi connectivity index (χ1) is 19.0. The number of imidazole rings is 1. The third kappa shape index (κ3) is 5.68. The van der Waals surface area contributed by atoms with Crippen LogP contribution in [-0.4, -0.2) is 47.4 Å². The molecule has 0 spiro atoms. The van der Waals surface area contributed by atoms with E-state index in [0.717, 1.165) is 12.0 Å².